The highest BCUT2D eigenvalue weighted by atomic mass is 16.8. The smallest absolute Gasteiger partial charge is 0.330 e. The summed E-state index contributed by atoms with van der Waals surface area (Å²) in [6.07, 6.45) is 0.366. The zero-order valence-corrected chi connectivity index (χ0v) is 15.9. The molecule has 4 atom stereocenters. The van der Waals surface area contributed by atoms with Gasteiger partial charge in [-0.2, -0.15) is 0 Å². The molecule has 1 aromatic carbocycles. The number of rotatable bonds is 5. The zero-order valence-electron chi connectivity index (χ0n) is 15.9. The van der Waals surface area contributed by atoms with Gasteiger partial charge in [0.2, 0.25) is 0 Å². The second kappa shape index (κ2) is 7.63. The van der Waals surface area contributed by atoms with E-state index in [1.54, 1.807) is 0 Å². The summed E-state index contributed by atoms with van der Waals surface area (Å²) < 4.78 is 25.3. The SMILES string of the molecule is CC1(C)OC[C@H]([C@H]2O[C@@H](n3ccc(=O)[nH]c3=O)C[C@@H]2OCc2ccccc2)O1. The predicted octanol–water partition coefficient (Wildman–Crippen LogP) is 1.56. The van der Waals surface area contributed by atoms with Crippen LogP contribution in [0, 0.1) is 0 Å². The van der Waals surface area contributed by atoms with E-state index in [0.29, 0.717) is 19.6 Å². The largest absolute Gasteiger partial charge is 0.371 e. The van der Waals surface area contributed by atoms with E-state index < -0.39 is 29.4 Å². The van der Waals surface area contributed by atoms with Gasteiger partial charge >= 0.3 is 5.69 Å². The Kier molecular flexibility index (Phi) is 5.20. The molecule has 0 radical (unpaired) electrons. The Balaban J connectivity index is 1.54. The van der Waals surface area contributed by atoms with E-state index in [4.69, 9.17) is 18.9 Å². The molecular weight excluding hydrogens is 364 g/mol. The van der Waals surface area contributed by atoms with Gasteiger partial charge in [0.1, 0.15) is 18.4 Å². The number of H-pyrrole nitrogens is 1. The first-order valence-electron chi connectivity index (χ1n) is 9.35. The van der Waals surface area contributed by atoms with Gasteiger partial charge in [0, 0.05) is 18.7 Å². The van der Waals surface area contributed by atoms with Crippen molar-refractivity contribution in [2.75, 3.05) is 6.61 Å². The molecule has 8 heteroatoms. The molecule has 150 valence electrons. The van der Waals surface area contributed by atoms with Crippen LogP contribution in [0.2, 0.25) is 0 Å². The van der Waals surface area contributed by atoms with Crippen LogP contribution in [-0.2, 0) is 25.6 Å². The van der Waals surface area contributed by atoms with Crippen molar-refractivity contribution in [3.63, 3.8) is 0 Å². The highest BCUT2D eigenvalue weighted by Gasteiger charge is 2.47. The van der Waals surface area contributed by atoms with Gasteiger partial charge in [-0.15, -0.1) is 0 Å². The predicted molar refractivity (Wildman–Crippen MR) is 99.8 cm³/mol. The van der Waals surface area contributed by atoms with Crippen LogP contribution in [0.3, 0.4) is 0 Å². The van der Waals surface area contributed by atoms with Gasteiger partial charge in [-0.25, -0.2) is 4.79 Å². The second-order valence-corrected chi connectivity index (χ2v) is 7.51. The van der Waals surface area contributed by atoms with E-state index >= 15 is 0 Å². The molecule has 2 aliphatic heterocycles. The molecule has 2 aliphatic rings. The Bertz CT molecular complexity index is 922. The van der Waals surface area contributed by atoms with E-state index in [0.717, 1.165) is 5.56 Å². The van der Waals surface area contributed by atoms with Gasteiger partial charge in [-0.05, 0) is 19.4 Å². The third-order valence-electron chi connectivity index (χ3n) is 4.98. The molecule has 3 heterocycles. The molecule has 0 spiro atoms. The van der Waals surface area contributed by atoms with E-state index in [1.807, 2.05) is 44.2 Å². The zero-order chi connectivity index (χ0) is 19.7. The monoisotopic (exact) mass is 388 g/mol. The van der Waals surface area contributed by atoms with Crippen molar-refractivity contribution in [1.82, 2.24) is 9.55 Å². The third-order valence-corrected chi connectivity index (χ3v) is 4.98. The lowest BCUT2D eigenvalue weighted by Crippen LogP contribution is -2.39. The maximum absolute atomic E-state index is 12.2. The first-order chi connectivity index (χ1) is 13.4. The molecule has 0 bridgehead atoms. The minimum absolute atomic E-state index is 0.286. The molecule has 4 rings (SSSR count). The van der Waals surface area contributed by atoms with Crippen molar-refractivity contribution in [2.24, 2.45) is 0 Å². The van der Waals surface area contributed by atoms with Gasteiger partial charge in [-0.3, -0.25) is 14.3 Å². The molecule has 2 fully saturated rings. The molecule has 0 saturated carbocycles. The minimum Gasteiger partial charge on any atom is -0.371 e. The van der Waals surface area contributed by atoms with Gasteiger partial charge in [-0.1, -0.05) is 30.3 Å². The molecule has 2 aromatic rings. The maximum Gasteiger partial charge on any atom is 0.330 e. The number of benzene rings is 1. The minimum atomic E-state index is -0.690. The Morgan fingerprint density at radius 2 is 2.00 bits per heavy atom. The fourth-order valence-corrected chi connectivity index (χ4v) is 3.64. The fourth-order valence-electron chi connectivity index (χ4n) is 3.64. The Hall–Kier alpha value is -2.26. The highest BCUT2D eigenvalue weighted by Crippen LogP contribution is 2.37. The van der Waals surface area contributed by atoms with Crippen LogP contribution in [0.25, 0.3) is 0 Å². The van der Waals surface area contributed by atoms with E-state index in [1.165, 1.54) is 16.8 Å². The van der Waals surface area contributed by atoms with E-state index in [-0.39, 0.29) is 12.2 Å². The molecule has 1 aromatic heterocycles. The summed E-state index contributed by atoms with van der Waals surface area (Å²) in [6.45, 7) is 4.52. The van der Waals surface area contributed by atoms with Crippen LogP contribution in [0.1, 0.15) is 32.1 Å². The summed E-state index contributed by atoms with van der Waals surface area (Å²) in [5.41, 5.74) is 0.0978. The van der Waals surface area contributed by atoms with Gasteiger partial charge in [0.25, 0.3) is 5.56 Å². The number of hydrogen-bond acceptors (Lipinski definition) is 6. The highest BCUT2D eigenvalue weighted by molar-refractivity contribution is 5.13. The lowest BCUT2D eigenvalue weighted by molar-refractivity contribution is -0.168. The van der Waals surface area contributed by atoms with Crippen molar-refractivity contribution in [3.05, 3.63) is 69.0 Å². The summed E-state index contributed by atoms with van der Waals surface area (Å²) >= 11 is 0. The lowest BCUT2D eigenvalue weighted by Gasteiger charge is -2.25. The summed E-state index contributed by atoms with van der Waals surface area (Å²) in [5.74, 6) is -0.690. The van der Waals surface area contributed by atoms with Crippen molar-refractivity contribution < 1.29 is 18.9 Å². The van der Waals surface area contributed by atoms with Crippen LogP contribution >= 0.6 is 0 Å². The summed E-state index contributed by atoms with van der Waals surface area (Å²) in [5, 5.41) is 0. The summed E-state index contributed by atoms with van der Waals surface area (Å²) in [6, 6.07) is 11.2. The first kappa shape index (κ1) is 19.1. The molecular formula is C20H24N2O6. The average molecular weight is 388 g/mol. The van der Waals surface area contributed by atoms with Gasteiger partial charge in [0.15, 0.2) is 5.79 Å². The normalized spacial score (nSPS) is 29.2. The maximum atomic E-state index is 12.2. The van der Waals surface area contributed by atoms with E-state index in [2.05, 4.69) is 4.98 Å². The molecule has 2 saturated heterocycles. The van der Waals surface area contributed by atoms with Crippen LogP contribution in [0.15, 0.2) is 52.2 Å². The second-order valence-electron chi connectivity index (χ2n) is 7.51. The molecule has 0 aliphatic carbocycles. The lowest BCUT2D eigenvalue weighted by atomic mass is 10.1. The van der Waals surface area contributed by atoms with Crippen molar-refractivity contribution in [3.8, 4) is 0 Å². The number of aromatic amines is 1. The van der Waals surface area contributed by atoms with E-state index in [9.17, 15) is 9.59 Å². The molecule has 28 heavy (non-hydrogen) atoms. The van der Waals surface area contributed by atoms with Crippen molar-refractivity contribution >= 4 is 0 Å². The number of ether oxygens (including phenoxy) is 4. The van der Waals surface area contributed by atoms with Crippen molar-refractivity contribution in [2.45, 2.75) is 57.2 Å². The van der Waals surface area contributed by atoms with Gasteiger partial charge < -0.3 is 18.9 Å². The summed E-state index contributed by atoms with van der Waals surface area (Å²) in [4.78, 5) is 25.8. The molecule has 8 nitrogen and oxygen atoms in total. The molecule has 1 N–H and O–H groups in total. The Morgan fingerprint density at radius 1 is 1.21 bits per heavy atom. The number of hydrogen-bond donors (Lipinski definition) is 1. The first-order valence-corrected chi connectivity index (χ1v) is 9.35. The van der Waals surface area contributed by atoms with Crippen LogP contribution in [-0.4, -0.2) is 40.3 Å². The molecule has 0 unspecified atom stereocenters. The average Bonchev–Trinajstić information content (AvgIpc) is 3.24. The Labute approximate surface area is 162 Å². The van der Waals surface area contributed by atoms with Crippen LogP contribution in [0.5, 0.6) is 0 Å². The third kappa shape index (κ3) is 4.10. The Morgan fingerprint density at radius 3 is 2.68 bits per heavy atom. The summed E-state index contributed by atoms with van der Waals surface area (Å²) in [7, 11) is 0. The molecule has 0 amide bonds. The number of aromatic nitrogens is 2. The quantitative estimate of drug-likeness (QED) is 0.836. The van der Waals surface area contributed by atoms with Crippen LogP contribution < -0.4 is 11.2 Å². The van der Waals surface area contributed by atoms with Crippen LogP contribution in [0.4, 0.5) is 0 Å². The van der Waals surface area contributed by atoms with Gasteiger partial charge in [0.05, 0.1) is 19.3 Å². The number of nitrogens with one attached hydrogen (secondary N) is 1. The number of nitrogens with zero attached hydrogens (tertiary/aromatic N) is 1. The standard InChI is InChI=1S/C20H24N2O6/c1-20(2)26-12-15(28-20)18-14(25-11-13-6-4-3-5-7-13)10-17(27-18)22-9-8-16(23)21-19(22)24/h3-9,14-15,17-18H,10-12H2,1-2H3,(H,21,23,24)/t14-,15+,17+,18-/m0/s1. The topological polar surface area (TPSA) is 91.8 Å². The van der Waals surface area contributed by atoms with Crippen molar-refractivity contribution in [1.29, 1.82) is 0 Å². The fraction of sp³-hybridized carbons (Fsp3) is 0.500.